The molecule has 0 aromatic rings. The molecule has 1 atom stereocenters. The molecule has 0 spiro atoms. The Morgan fingerprint density at radius 1 is 1.50 bits per heavy atom. The average molecular weight is 162 g/mol. The maximum atomic E-state index is 4.07. The highest BCUT2D eigenvalue weighted by Gasteiger charge is 2.15. The van der Waals surface area contributed by atoms with Crippen LogP contribution in [0.5, 0.6) is 0 Å². The molecule has 0 saturated heterocycles. The Morgan fingerprint density at radius 2 is 2.17 bits per heavy atom. The Kier molecular flexibility index (Phi) is 2.91. The zero-order valence-corrected chi connectivity index (χ0v) is 8.19. The van der Waals surface area contributed by atoms with Crippen LogP contribution in [0.25, 0.3) is 0 Å². The summed E-state index contributed by atoms with van der Waals surface area (Å²) in [5.74, 6) is 0.659. The number of hydrogen-bond acceptors (Lipinski definition) is 0. The highest BCUT2D eigenvalue weighted by Crippen LogP contribution is 2.30. The summed E-state index contributed by atoms with van der Waals surface area (Å²) in [5, 5.41) is 0. The minimum absolute atomic E-state index is 0.659. The Bertz CT molecular complexity index is 230. The largest absolute Gasteiger partial charge is 0.0958 e. The Labute approximate surface area is 75.7 Å². The van der Waals surface area contributed by atoms with Crippen LogP contribution in [0.15, 0.2) is 36.0 Å². The standard InChI is InChI=1S/C12H18/c1-9(2)11(4)12-7-5-10(3)6-8-12/h5,12H,1,4,6-8H2,2-3H3. The quantitative estimate of drug-likeness (QED) is 0.427. The predicted octanol–water partition coefficient (Wildman–Crippen LogP) is 3.87. The molecular weight excluding hydrogens is 144 g/mol. The fourth-order valence-electron chi connectivity index (χ4n) is 1.63. The van der Waals surface area contributed by atoms with Gasteiger partial charge in [-0.3, -0.25) is 0 Å². The molecule has 0 nitrogen and oxygen atoms in total. The molecule has 0 heteroatoms. The van der Waals surface area contributed by atoms with E-state index >= 15 is 0 Å². The first-order valence-corrected chi connectivity index (χ1v) is 4.61. The first kappa shape index (κ1) is 9.31. The molecule has 0 saturated carbocycles. The molecule has 0 aliphatic heterocycles. The molecular formula is C12H18. The summed E-state index contributed by atoms with van der Waals surface area (Å²) in [5.41, 5.74) is 3.92. The molecule has 1 rings (SSSR count). The van der Waals surface area contributed by atoms with Gasteiger partial charge < -0.3 is 0 Å². The lowest BCUT2D eigenvalue weighted by Gasteiger charge is -2.22. The lowest BCUT2D eigenvalue weighted by atomic mass is 9.83. The zero-order valence-electron chi connectivity index (χ0n) is 8.19. The van der Waals surface area contributed by atoms with Gasteiger partial charge in [-0.25, -0.2) is 0 Å². The molecule has 0 radical (unpaired) electrons. The summed E-state index contributed by atoms with van der Waals surface area (Å²) in [6.45, 7) is 12.3. The van der Waals surface area contributed by atoms with Gasteiger partial charge in [-0.15, -0.1) is 0 Å². The Morgan fingerprint density at radius 3 is 2.58 bits per heavy atom. The van der Waals surface area contributed by atoms with Gasteiger partial charge in [0.1, 0.15) is 0 Å². The molecule has 1 aliphatic carbocycles. The smallest absolute Gasteiger partial charge is 0.0128 e. The number of allylic oxidation sites excluding steroid dienone is 4. The molecule has 0 N–H and O–H groups in total. The highest BCUT2D eigenvalue weighted by molar-refractivity contribution is 5.27. The summed E-state index contributed by atoms with van der Waals surface area (Å²) < 4.78 is 0. The van der Waals surface area contributed by atoms with Gasteiger partial charge in [0.15, 0.2) is 0 Å². The van der Waals surface area contributed by atoms with E-state index in [2.05, 4.69) is 26.2 Å². The number of rotatable bonds is 2. The van der Waals surface area contributed by atoms with E-state index in [1.165, 1.54) is 24.0 Å². The average Bonchev–Trinajstić information content (AvgIpc) is 2.04. The van der Waals surface area contributed by atoms with Crippen molar-refractivity contribution in [2.45, 2.75) is 33.1 Å². The summed E-state index contributed by atoms with van der Waals surface area (Å²) in [7, 11) is 0. The second-order valence-corrected chi connectivity index (χ2v) is 3.83. The summed E-state index contributed by atoms with van der Waals surface area (Å²) in [6, 6.07) is 0. The van der Waals surface area contributed by atoms with Crippen molar-refractivity contribution < 1.29 is 0 Å². The zero-order chi connectivity index (χ0) is 9.14. The second-order valence-electron chi connectivity index (χ2n) is 3.83. The van der Waals surface area contributed by atoms with Crippen molar-refractivity contribution in [3.63, 3.8) is 0 Å². The third-order valence-corrected chi connectivity index (χ3v) is 2.68. The van der Waals surface area contributed by atoms with E-state index in [9.17, 15) is 0 Å². The molecule has 1 aliphatic rings. The van der Waals surface area contributed by atoms with Crippen molar-refractivity contribution in [3.8, 4) is 0 Å². The van der Waals surface area contributed by atoms with Crippen LogP contribution in [-0.4, -0.2) is 0 Å². The lowest BCUT2D eigenvalue weighted by molar-refractivity contribution is 0.545. The SMILES string of the molecule is C=C(C)C(=C)C1CC=C(C)CC1. The second kappa shape index (κ2) is 3.75. The van der Waals surface area contributed by atoms with Crippen molar-refractivity contribution >= 4 is 0 Å². The molecule has 0 bridgehead atoms. The van der Waals surface area contributed by atoms with E-state index in [1.807, 2.05) is 6.92 Å². The molecule has 0 fully saturated rings. The monoisotopic (exact) mass is 162 g/mol. The van der Waals surface area contributed by atoms with E-state index in [4.69, 9.17) is 0 Å². The van der Waals surface area contributed by atoms with Crippen LogP contribution in [-0.2, 0) is 0 Å². The molecule has 12 heavy (non-hydrogen) atoms. The topological polar surface area (TPSA) is 0 Å². The minimum atomic E-state index is 0.659. The summed E-state index contributed by atoms with van der Waals surface area (Å²) in [6.07, 6.45) is 5.99. The van der Waals surface area contributed by atoms with Crippen LogP contribution < -0.4 is 0 Å². The molecule has 66 valence electrons. The van der Waals surface area contributed by atoms with Gasteiger partial charge in [0.05, 0.1) is 0 Å². The normalized spacial score (nSPS) is 23.2. The summed E-state index contributed by atoms with van der Waals surface area (Å²) >= 11 is 0. The Balaban J connectivity index is 2.57. The molecule has 1 unspecified atom stereocenters. The van der Waals surface area contributed by atoms with Gasteiger partial charge in [0, 0.05) is 0 Å². The third kappa shape index (κ3) is 2.10. The van der Waals surface area contributed by atoms with E-state index in [-0.39, 0.29) is 0 Å². The molecule has 0 aromatic heterocycles. The minimum Gasteiger partial charge on any atom is -0.0958 e. The molecule has 0 aromatic carbocycles. The fourth-order valence-corrected chi connectivity index (χ4v) is 1.63. The van der Waals surface area contributed by atoms with Crippen LogP contribution >= 0.6 is 0 Å². The molecule has 0 heterocycles. The Hall–Kier alpha value is -0.780. The maximum absolute atomic E-state index is 4.07. The predicted molar refractivity (Wildman–Crippen MR) is 55.1 cm³/mol. The van der Waals surface area contributed by atoms with Crippen LogP contribution in [0.1, 0.15) is 33.1 Å². The third-order valence-electron chi connectivity index (χ3n) is 2.68. The fraction of sp³-hybridized carbons (Fsp3) is 0.500. The van der Waals surface area contributed by atoms with Gasteiger partial charge in [0.2, 0.25) is 0 Å². The van der Waals surface area contributed by atoms with E-state index < -0.39 is 0 Å². The van der Waals surface area contributed by atoms with Gasteiger partial charge >= 0.3 is 0 Å². The van der Waals surface area contributed by atoms with Gasteiger partial charge in [0.25, 0.3) is 0 Å². The highest BCUT2D eigenvalue weighted by atomic mass is 14.2. The summed E-state index contributed by atoms with van der Waals surface area (Å²) in [4.78, 5) is 0. The van der Waals surface area contributed by atoms with Gasteiger partial charge in [-0.05, 0) is 44.6 Å². The van der Waals surface area contributed by atoms with Crippen LogP contribution in [0.4, 0.5) is 0 Å². The molecule has 0 amide bonds. The maximum Gasteiger partial charge on any atom is -0.0128 e. The first-order valence-electron chi connectivity index (χ1n) is 4.61. The van der Waals surface area contributed by atoms with E-state index in [0.717, 1.165) is 12.0 Å². The lowest BCUT2D eigenvalue weighted by Crippen LogP contribution is -2.07. The van der Waals surface area contributed by atoms with Crippen molar-refractivity contribution in [1.82, 2.24) is 0 Å². The van der Waals surface area contributed by atoms with Crippen molar-refractivity contribution in [3.05, 3.63) is 36.0 Å². The van der Waals surface area contributed by atoms with E-state index in [1.54, 1.807) is 0 Å². The van der Waals surface area contributed by atoms with Crippen molar-refractivity contribution in [2.24, 2.45) is 5.92 Å². The van der Waals surface area contributed by atoms with Gasteiger partial charge in [-0.1, -0.05) is 30.4 Å². The van der Waals surface area contributed by atoms with Crippen LogP contribution in [0.2, 0.25) is 0 Å². The van der Waals surface area contributed by atoms with Gasteiger partial charge in [-0.2, -0.15) is 0 Å². The van der Waals surface area contributed by atoms with Crippen molar-refractivity contribution in [1.29, 1.82) is 0 Å². The van der Waals surface area contributed by atoms with Crippen molar-refractivity contribution in [2.75, 3.05) is 0 Å². The van der Waals surface area contributed by atoms with Crippen LogP contribution in [0, 0.1) is 5.92 Å². The first-order chi connectivity index (χ1) is 5.61. The van der Waals surface area contributed by atoms with Crippen LogP contribution in [0.3, 0.4) is 0 Å². The number of hydrogen-bond donors (Lipinski definition) is 0. The van der Waals surface area contributed by atoms with E-state index in [0.29, 0.717) is 5.92 Å².